The van der Waals surface area contributed by atoms with Gasteiger partial charge in [0.15, 0.2) is 0 Å². The van der Waals surface area contributed by atoms with Crippen molar-refractivity contribution in [2.45, 2.75) is 5.41 Å². The summed E-state index contributed by atoms with van der Waals surface area (Å²) in [5, 5.41) is 9.48. The molecule has 0 bridgehead atoms. The molecule has 0 unspecified atom stereocenters. The highest BCUT2D eigenvalue weighted by Crippen LogP contribution is 2.30. The van der Waals surface area contributed by atoms with Gasteiger partial charge in [0, 0.05) is 24.2 Å². The molecule has 1 saturated heterocycles. The van der Waals surface area contributed by atoms with Gasteiger partial charge < -0.3 is 9.84 Å². The lowest BCUT2D eigenvalue weighted by atomic mass is 9.86. The fourth-order valence-corrected chi connectivity index (χ4v) is 1.93. The lowest BCUT2D eigenvalue weighted by Crippen LogP contribution is -2.51. The molecule has 18 heavy (non-hydrogen) atoms. The van der Waals surface area contributed by atoms with Crippen LogP contribution in [0.1, 0.15) is 5.82 Å². The first-order valence-electron chi connectivity index (χ1n) is 5.77. The summed E-state index contributed by atoms with van der Waals surface area (Å²) < 4.78 is 5.18. The normalized spacial score (nSPS) is 17.2. The van der Waals surface area contributed by atoms with E-state index in [1.165, 1.54) is 0 Å². The molecule has 0 amide bonds. The summed E-state index contributed by atoms with van der Waals surface area (Å²) in [5.41, 5.74) is 1.32. The minimum Gasteiger partial charge on any atom is -0.395 e. The fraction of sp³-hybridized carbons (Fsp3) is 0.308. The average molecular weight is 243 g/mol. The van der Waals surface area contributed by atoms with Crippen LogP contribution >= 0.6 is 0 Å². The van der Waals surface area contributed by atoms with Crippen molar-refractivity contribution in [2.75, 3.05) is 19.8 Å². The van der Waals surface area contributed by atoms with Crippen LogP contribution in [-0.2, 0) is 10.2 Å². The van der Waals surface area contributed by atoms with Gasteiger partial charge in [-0.25, -0.2) is 9.97 Å². The van der Waals surface area contributed by atoms with Crippen LogP contribution < -0.4 is 0 Å². The number of ether oxygens (including phenoxy) is 1. The van der Waals surface area contributed by atoms with Gasteiger partial charge in [0.1, 0.15) is 5.82 Å². The van der Waals surface area contributed by atoms with Crippen LogP contribution in [0.15, 0.2) is 36.8 Å². The molecule has 3 rings (SSSR count). The van der Waals surface area contributed by atoms with Crippen molar-refractivity contribution in [3.8, 4) is 11.3 Å². The van der Waals surface area contributed by atoms with Crippen molar-refractivity contribution in [3.05, 3.63) is 42.6 Å². The van der Waals surface area contributed by atoms with Gasteiger partial charge in [-0.05, 0) is 18.2 Å². The fourth-order valence-electron chi connectivity index (χ4n) is 1.93. The quantitative estimate of drug-likeness (QED) is 0.863. The SMILES string of the molecule is OCC1(c2nccc(-c3cccnc3)n2)COC1. The first-order valence-corrected chi connectivity index (χ1v) is 5.77. The third kappa shape index (κ3) is 1.77. The Morgan fingerprint density at radius 1 is 1.28 bits per heavy atom. The summed E-state index contributed by atoms with van der Waals surface area (Å²) >= 11 is 0. The van der Waals surface area contributed by atoms with Gasteiger partial charge in [-0.2, -0.15) is 0 Å². The maximum Gasteiger partial charge on any atom is 0.142 e. The maximum absolute atomic E-state index is 9.48. The maximum atomic E-state index is 9.48. The summed E-state index contributed by atoms with van der Waals surface area (Å²) in [6.07, 6.45) is 5.19. The molecule has 0 aliphatic carbocycles. The van der Waals surface area contributed by atoms with Crippen molar-refractivity contribution in [3.63, 3.8) is 0 Å². The summed E-state index contributed by atoms with van der Waals surface area (Å²) in [6.45, 7) is 0.948. The lowest BCUT2D eigenvalue weighted by molar-refractivity contribution is -0.0883. The van der Waals surface area contributed by atoms with Crippen LogP contribution in [0, 0.1) is 0 Å². The molecule has 0 aromatic carbocycles. The molecule has 2 aromatic rings. The van der Waals surface area contributed by atoms with Crippen LogP contribution in [0.3, 0.4) is 0 Å². The Morgan fingerprint density at radius 2 is 2.17 bits per heavy atom. The van der Waals surface area contributed by atoms with Crippen molar-refractivity contribution in [2.24, 2.45) is 0 Å². The Labute approximate surface area is 105 Å². The van der Waals surface area contributed by atoms with Crippen LogP contribution in [0.2, 0.25) is 0 Å². The van der Waals surface area contributed by atoms with Gasteiger partial charge in [-0.15, -0.1) is 0 Å². The summed E-state index contributed by atoms with van der Waals surface area (Å²) in [7, 11) is 0. The summed E-state index contributed by atoms with van der Waals surface area (Å²) in [6, 6.07) is 5.65. The molecular formula is C13H13N3O2. The molecule has 5 heteroatoms. The Bertz CT molecular complexity index is 535. The standard InChI is InChI=1S/C13H13N3O2/c17-7-13(8-18-9-13)12-15-5-3-11(16-12)10-2-1-4-14-6-10/h1-6,17H,7-9H2. The van der Waals surface area contributed by atoms with E-state index in [2.05, 4.69) is 15.0 Å². The van der Waals surface area contributed by atoms with Gasteiger partial charge in [-0.1, -0.05) is 0 Å². The molecule has 5 nitrogen and oxygen atoms in total. The smallest absolute Gasteiger partial charge is 0.142 e. The third-order valence-corrected chi connectivity index (χ3v) is 3.15. The first kappa shape index (κ1) is 11.3. The zero-order chi connectivity index (χ0) is 12.4. The molecule has 1 aliphatic heterocycles. The molecule has 1 fully saturated rings. The highest BCUT2D eigenvalue weighted by molar-refractivity contribution is 5.57. The van der Waals surface area contributed by atoms with Gasteiger partial charge in [0.05, 0.1) is 30.9 Å². The van der Waals surface area contributed by atoms with Crippen LogP contribution in [0.5, 0.6) is 0 Å². The summed E-state index contributed by atoms with van der Waals surface area (Å²) in [5.74, 6) is 0.637. The Hall–Kier alpha value is -1.85. The Balaban J connectivity index is 1.99. The number of rotatable bonds is 3. The molecule has 0 saturated carbocycles. The molecule has 3 heterocycles. The predicted molar refractivity (Wildman–Crippen MR) is 64.8 cm³/mol. The number of hydrogen-bond acceptors (Lipinski definition) is 5. The number of aliphatic hydroxyl groups excluding tert-OH is 1. The molecule has 1 N–H and O–H groups in total. The van der Waals surface area contributed by atoms with E-state index in [9.17, 15) is 5.11 Å². The lowest BCUT2D eigenvalue weighted by Gasteiger charge is -2.38. The van der Waals surface area contributed by atoms with Gasteiger partial charge in [0.25, 0.3) is 0 Å². The molecule has 92 valence electrons. The van der Waals surface area contributed by atoms with Gasteiger partial charge >= 0.3 is 0 Å². The Morgan fingerprint density at radius 3 is 2.78 bits per heavy atom. The molecule has 1 aliphatic rings. The van der Waals surface area contributed by atoms with E-state index in [0.29, 0.717) is 19.0 Å². The molecule has 0 radical (unpaired) electrons. The minimum absolute atomic E-state index is 0.00347. The van der Waals surface area contributed by atoms with Crippen molar-refractivity contribution < 1.29 is 9.84 Å². The number of aliphatic hydroxyl groups is 1. The monoisotopic (exact) mass is 243 g/mol. The van der Waals surface area contributed by atoms with Crippen LogP contribution in [0.4, 0.5) is 0 Å². The zero-order valence-corrected chi connectivity index (χ0v) is 9.78. The highest BCUT2D eigenvalue weighted by atomic mass is 16.5. The second-order valence-corrected chi connectivity index (χ2v) is 4.44. The van der Waals surface area contributed by atoms with Crippen molar-refractivity contribution in [1.29, 1.82) is 0 Å². The minimum atomic E-state index is -0.432. The predicted octanol–water partition coefficient (Wildman–Crippen LogP) is 0.799. The van der Waals surface area contributed by atoms with E-state index >= 15 is 0 Å². The molecule has 0 atom stereocenters. The molecule has 2 aromatic heterocycles. The number of hydrogen-bond donors (Lipinski definition) is 1. The second kappa shape index (κ2) is 4.44. The highest BCUT2D eigenvalue weighted by Gasteiger charge is 2.42. The third-order valence-electron chi connectivity index (χ3n) is 3.15. The number of nitrogens with zero attached hydrogens (tertiary/aromatic N) is 3. The van der Waals surface area contributed by atoms with E-state index in [1.54, 1.807) is 18.6 Å². The average Bonchev–Trinajstić information content (AvgIpc) is 2.40. The number of pyridine rings is 1. The second-order valence-electron chi connectivity index (χ2n) is 4.44. The van der Waals surface area contributed by atoms with Gasteiger partial charge in [0.2, 0.25) is 0 Å². The van der Waals surface area contributed by atoms with Crippen molar-refractivity contribution >= 4 is 0 Å². The van der Waals surface area contributed by atoms with Crippen LogP contribution in [-0.4, -0.2) is 39.9 Å². The van der Waals surface area contributed by atoms with Crippen LogP contribution in [0.25, 0.3) is 11.3 Å². The number of aromatic nitrogens is 3. The Kier molecular flexibility index (Phi) is 2.77. The van der Waals surface area contributed by atoms with Crippen molar-refractivity contribution in [1.82, 2.24) is 15.0 Å². The van der Waals surface area contributed by atoms with E-state index < -0.39 is 5.41 Å². The zero-order valence-electron chi connectivity index (χ0n) is 9.78. The first-order chi connectivity index (χ1) is 8.84. The summed E-state index contributed by atoms with van der Waals surface area (Å²) in [4.78, 5) is 12.8. The molecule has 0 spiro atoms. The van der Waals surface area contributed by atoms with E-state index in [4.69, 9.17) is 4.74 Å². The molecular weight excluding hydrogens is 230 g/mol. The topological polar surface area (TPSA) is 68.1 Å². The van der Waals surface area contributed by atoms with E-state index in [0.717, 1.165) is 11.3 Å². The largest absolute Gasteiger partial charge is 0.395 e. The van der Waals surface area contributed by atoms with E-state index in [-0.39, 0.29) is 6.61 Å². The van der Waals surface area contributed by atoms with E-state index in [1.807, 2.05) is 18.2 Å². The van der Waals surface area contributed by atoms with Gasteiger partial charge in [-0.3, -0.25) is 4.98 Å².